The second-order valence-electron chi connectivity index (χ2n) is 8.14. The Kier molecular flexibility index (Phi) is 5.15. The molecule has 0 radical (unpaired) electrons. The predicted molar refractivity (Wildman–Crippen MR) is 111 cm³/mol. The van der Waals surface area contributed by atoms with Crippen molar-refractivity contribution >= 4 is 5.91 Å². The number of rotatable bonds is 4. The van der Waals surface area contributed by atoms with E-state index in [1.807, 2.05) is 24.3 Å². The van der Waals surface area contributed by atoms with Gasteiger partial charge in [-0.05, 0) is 55.5 Å². The van der Waals surface area contributed by atoms with Gasteiger partial charge in [-0.1, -0.05) is 36.4 Å². The average Bonchev–Trinajstić information content (AvgIpc) is 3.47. The van der Waals surface area contributed by atoms with Crippen molar-refractivity contribution in [2.24, 2.45) is 0 Å². The van der Waals surface area contributed by atoms with Crippen LogP contribution in [0.25, 0.3) is 0 Å². The van der Waals surface area contributed by atoms with Crippen molar-refractivity contribution in [2.45, 2.75) is 37.8 Å². The summed E-state index contributed by atoms with van der Waals surface area (Å²) in [5, 5.41) is 0. The molecule has 0 spiro atoms. The van der Waals surface area contributed by atoms with E-state index in [-0.39, 0.29) is 18.0 Å². The van der Waals surface area contributed by atoms with Gasteiger partial charge in [0.05, 0.1) is 0 Å². The van der Waals surface area contributed by atoms with E-state index in [0.29, 0.717) is 13.2 Å². The highest BCUT2D eigenvalue weighted by Gasteiger charge is 2.39. The molecule has 0 bridgehead atoms. The Morgan fingerprint density at radius 3 is 2.45 bits per heavy atom. The van der Waals surface area contributed by atoms with Crippen molar-refractivity contribution in [2.75, 3.05) is 32.8 Å². The van der Waals surface area contributed by atoms with Gasteiger partial charge in [-0.3, -0.25) is 9.69 Å². The standard InChI is InChI=1S/C24H28N2O3/c27-24(25-12-4-5-13-25)23(18-7-2-1-3-8-18)26-14-6-9-20(26)19-10-11-21-22(17-19)29-16-15-28-21/h1-3,7-8,10-11,17,20,23H,4-6,9,12-16H2/t20-,23-/m0/s1. The summed E-state index contributed by atoms with van der Waals surface area (Å²) in [6.45, 7) is 3.88. The maximum Gasteiger partial charge on any atom is 0.244 e. The molecule has 5 nitrogen and oxygen atoms in total. The van der Waals surface area contributed by atoms with E-state index in [0.717, 1.165) is 62.4 Å². The Hall–Kier alpha value is -2.53. The first-order valence-corrected chi connectivity index (χ1v) is 10.8. The zero-order valence-electron chi connectivity index (χ0n) is 16.8. The Labute approximate surface area is 172 Å². The molecule has 5 rings (SSSR count). The lowest BCUT2D eigenvalue weighted by atomic mass is 9.98. The van der Waals surface area contributed by atoms with Gasteiger partial charge < -0.3 is 14.4 Å². The SMILES string of the molecule is O=C([C@H](c1ccccc1)N1CCC[C@H]1c1ccc2c(c1)OCCO2)N1CCCC1. The van der Waals surface area contributed by atoms with Crippen molar-refractivity contribution in [3.63, 3.8) is 0 Å². The minimum atomic E-state index is -0.227. The average molecular weight is 392 g/mol. The van der Waals surface area contributed by atoms with Gasteiger partial charge in [0.25, 0.3) is 0 Å². The highest BCUT2D eigenvalue weighted by Crippen LogP contribution is 2.42. The molecule has 152 valence electrons. The van der Waals surface area contributed by atoms with Crippen LogP contribution in [0.3, 0.4) is 0 Å². The summed E-state index contributed by atoms with van der Waals surface area (Å²) in [6.07, 6.45) is 4.36. The molecule has 2 aromatic carbocycles. The van der Waals surface area contributed by atoms with Crippen LogP contribution in [0.1, 0.15) is 48.9 Å². The topological polar surface area (TPSA) is 42.0 Å². The van der Waals surface area contributed by atoms with Gasteiger partial charge in [0.2, 0.25) is 5.91 Å². The van der Waals surface area contributed by atoms with Gasteiger partial charge >= 0.3 is 0 Å². The van der Waals surface area contributed by atoms with Crippen LogP contribution in [0.4, 0.5) is 0 Å². The summed E-state index contributed by atoms with van der Waals surface area (Å²) in [6, 6.07) is 16.5. The van der Waals surface area contributed by atoms with E-state index in [2.05, 4.69) is 34.1 Å². The van der Waals surface area contributed by atoms with E-state index in [1.165, 1.54) is 5.56 Å². The molecular weight excluding hydrogens is 364 g/mol. The van der Waals surface area contributed by atoms with Crippen molar-refractivity contribution in [3.8, 4) is 11.5 Å². The van der Waals surface area contributed by atoms with E-state index in [1.54, 1.807) is 0 Å². The molecule has 3 aliphatic rings. The van der Waals surface area contributed by atoms with Gasteiger partial charge in [-0.2, -0.15) is 0 Å². The van der Waals surface area contributed by atoms with Gasteiger partial charge in [0.1, 0.15) is 19.3 Å². The lowest BCUT2D eigenvalue weighted by Crippen LogP contribution is -2.41. The lowest BCUT2D eigenvalue weighted by molar-refractivity contribution is -0.136. The van der Waals surface area contributed by atoms with Crippen LogP contribution in [0, 0.1) is 0 Å². The van der Waals surface area contributed by atoms with Crippen LogP contribution in [0.2, 0.25) is 0 Å². The molecule has 2 aromatic rings. The molecule has 2 atom stereocenters. The van der Waals surface area contributed by atoms with E-state index in [4.69, 9.17) is 9.47 Å². The van der Waals surface area contributed by atoms with E-state index < -0.39 is 0 Å². The highest BCUT2D eigenvalue weighted by atomic mass is 16.6. The molecule has 0 aliphatic carbocycles. The molecule has 29 heavy (non-hydrogen) atoms. The highest BCUT2D eigenvalue weighted by molar-refractivity contribution is 5.83. The zero-order chi connectivity index (χ0) is 19.6. The smallest absolute Gasteiger partial charge is 0.244 e. The molecule has 0 saturated carbocycles. The number of hydrogen-bond donors (Lipinski definition) is 0. The van der Waals surface area contributed by atoms with Gasteiger partial charge in [0.15, 0.2) is 11.5 Å². The number of carbonyl (C=O) groups is 1. The molecule has 2 saturated heterocycles. The van der Waals surface area contributed by atoms with Crippen LogP contribution in [0.15, 0.2) is 48.5 Å². The Morgan fingerprint density at radius 1 is 0.897 bits per heavy atom. The van der Waals surface area contributed by atoms with Crippen molar-refractivity contribution in [3.05, 3.63) is 59.7 Å². The summed E-state index contributed by atoms with van der Waals surface area (Å²) in [5.41, 5.74) is 2.30. The van der Waals surface area contributed by atoms with Crippen molar-refractivity contribution in [1.29, 1.82) is 0 Å². The molecule has 3 heterocycles. The largest absolute Gasteiger partial charge is 0.486 e. The fourth-order valence-corrected chi connectivity index (χ4v) is 4.94. The Morgan fingerprint density at radius 2 is 1.66 bits per heavy atom. The number of nitrogens with zero attached hydrogens (tertiary/aromatic N) is 2. The van der Waals surface area contributed by atoms with Gasteiger partial charge in [-0.15, -0.1) is 0 Å². The van der Waals surface area contributed by atoms with Crippen LogP contribution < -0.4 is 9.47 Å². The minimum Gasteiger partial charge on any atom is -0.486 e. The van der Waals surface area contributed by atoms with Crippen LogP contribution in [0.5, 0.6) is 11.5 Å². The molecule has 5 heteroatoms. The van der Waals surface area contributed by atoms with E-state index in [9.17, 15) is 4.79 Å². The van der Waals surface area contributed by atoms with E-state index >= 15 is 0 Å². The molecule has 2 fully saturated rings. The predicted octanol–water partition coefficient (Wildman–Crippen LogP) is 3.96. The number of hydrogen-bond acceptors (Lipinski definition) is 4. The van der Waals surface area contributed by atoms with Gasteiger partial charge in [0, 0.05) is 19.1 Å². The minimum absolute atomic E-state index is 0.211. The summed E-state index contributed by atoms with van der Waals surface area (Å²) >= 11 is 0. The maximum absolute atomic E-state index is 13.6. The molecule has 0 aromatic heterocycles. The van der Waals surface area contributed by atoms with Crippen molar-refractivity contribution in [1.82, 2.24) is 9.80 Å². The van der Waals surface area contributed by atoms with Crippen molar-refractivity contribution < 1.29 is 14.3 Å². The molecule has 0 N–H and O–H groups in total. The van der Waals surface area contributed by atoms with Crippen LogP contribution in [-0.2, 0) is 4.79 Å². The first-order chi connectivity index (χ1) is 14.3. The fourth-order valence-electron chi connectivity index (χ4n) is 4.94. The zero-order valence-corrected chi connectivity index (χ0v) is 16.8. The van der Waals surface area contributed by atoms with Crippen LogP contribution in [-0.4, -0.2) is 48.6 Å². The summed E-state index contributed by atoms with van der Waals surface area (Å²) in [7, 11) is 0. The Bertz CT molecular complexity index is 864. The molecule has 1 amide bonds. The third-order valence-electron chi connectivity index (χ3n) is 6.34. The summed E-state index contributed by atoms with van der Waals surface area (Å²) in [4.78, 5) is 18.0. The molecule has 3 aliphatic heterocycles. The first-order valence-electron chi connectivity index (χ1n) is 10.8. The fraction of sp³-hybridized carbons (Fsp3) is 0.458. The monoisotopic (exact) mass is 392 g/mol. The number of ether oxygens (including phenoxy) is 2. The normalized spacial score (nSPS) is 22.6. The lowest BCUT2D eigenvalue weighted by Gasteiger charge is -2.35. The maximum atomic E-state index is 13.6. The summed E-state index contributed by atoms with van der Waals surface area (Å²) in [5.74, 6) is 1.89. The number of fused-ring (bicyclic) bond motifs is 1. The van der Waals surface area contributed by atoms with Crippen LogP contribution >= 0.6 is 0 Å². The number of likely N-dealkylation sites (tertiary alicyclic amines) is 2. The second-order valence-corrected chi connectivity index (χ2v) is 8.14. The number of amides is 1. The number of carbonyl (C=O) groups excluding carboxylic acids is 1. The Balaban J connectivity index is 1.48. The van der Waals surface area contributed by atoms with Gasteiger partial charge in [-0.25, -0.2) is 0 Å². The third-order valence-corrected chi connectivity index (χ3v) is 6.34. The molecular formula is C24H28N2O3. The quantitative estimate of drug-likeness (QED) is 0.790. The summed E-state index contributed by atoms with van der Waals surface area (Å²) < 4.78 is 11.5. The number of benzene rings is 2. The molecule has 0 unspecified atom stereocenters. The first kappa shape index (κ1) is 18.5. The second kappa shape index (κ2) is 8.07. The third kappa shape index (κ3) is 3.60.